The first-order valence-corrected chi connectivity index (χ1v) is 23.7. The zero-order valence-electron chi connectivity index (χ0n) is 37.4. The standard InChI is InChI=1S/C64H43N3O/c1-2-49-61(43-27-24-40(25-28-43)39-14-4-3-5-15-39)65-64(47-31-32-51-46(34-47)29-26-41-16-8-10-20-50(41)51)66-62(49)56-37-48(38-59-60(56)54-33-30-42-17-9-11-21-52(42)63(54)68-59)67-57-23-13-12-22-53(57)55-35-44-18-6-7-19-45(44)36-58(55)67/h3-38,49,62H,2H2,1H3. The molecule has 0 spiro atoms. The first kappa shape index (κ1) is 38.6. The van der Waals surface area contributed by atoms with Gasteiger partial charge in [0.05, 0.1) is 28.5 Å². The minimum Gasteiger partial charge on any atom is -0.455 e. The van der Waals surface area contributed by atoms with E-state index in [0.29, 0.717) is 0 Å². The normalized spacial score (nSPS) is 15.4. The molecule has 68 heavy (non-hydrogen) atoms. The highest BCUT2D eigenvalue weighted by Crippen LogP contribution is 2.46. The molecule has 0 aliphatic carbocycles. The van der Waals surface area contributed by atoms with Gasteiger partial charge in [-0.15, -0.1) is 0 Å². The number of aromatic nitrogens is 1. The van der Waals surface area contributed by atoms with E-state index >= 15 is 0 Å². The molecular weight excluding hydrogens is 827 g/mol. The summed E-state index contributed by atoms with van der Waals surface area (Å²) in [7, 11) is 0. The van der Waals surface area contributed by atoms with E-state index in [1.165, 1.54) is 48.8 Å². The van der Waals surface area contributed by atoms with Crippen molar-refractivity contribution in [1.82, 2.24) is 4.57 Å². The molecule has 0 fully saturated rings. The van der Waals surface area contributed by atoms with Crippen LogP contribution in [0.4, 0.5) is 0 Å². The van der Waals surface area contributed by atoms with E-state index in [1.54, 1.807) is 0 Å². The number of furan rings is 1. The van der Waals surface area contributed by atoms with Crippen LogP contribution in [-0.4, -0.2) is 16.1 Å². The molecule has 2 unspecified atom stereocenters. The Labute approximate surface area is 392 Å². The Morgan fingerprint density at radius 3 is 1.85 bits per heavy atom. The van der Waals surface area contributed by atoms with Gasteiger partial charge in [-0.3, -0.25) is 4.99 Å². The molecule has 4 heteroatoms. The van der Waals surface area contributed by atoms with Gasteiger partial charge < -0.3 is 8.98 Å². The molecule has 0 saturated heterocycles. The lowest BCUT2D eigenvalue weighted by atomic mass is 9.81. The number of hydrogen-bond acceptors (Lipinski definition) is 3. The summed E-state index contributed by atoms with van der Waals surface area (Å²) >= 11 is 0. The lowest BCUT2D eigenvalue weighted by Gasteiger charge is -2.31. The third-order valence-corrected chi connectivity index (χ3v) is 14.5. The summed E-state index contributed by atoms with van der Waals surface area (Å²) in [5.74, 6) is 0.689. The molecule has 0 amide bonds. The van der Waals surface area contributed by atoms with Crippen molar-refractivity contribution >= 4 is 98.4 Å². The maximum Gasteiger partial charge on any atom is 0.155 e. The zero-order valence-corrected chi connectivity index (χ0v) is 37.4. The zero-order chi connectivity index (χ0) is 44.9. The van der Waals surface area contributed by atoms with Gasteiger partial charge >= 0.3 is 0 Å². The van der Waals surface area contributed by atoms with Crippen LogP contribution in [0, 0.1) is 5.92 Å². The summed E-state index contributed by atoms with van der Waals surface area (Å²) in [4.78, 5) is 11.5. The molecule has 0 saturated carbocycles. The highest BCUT2D eigenvalue weighted by Gasteiger charge is 2.35. The predicted molar refractivity (Wildman–Crippen MR) is 286 cm³/mol. The minimum absolute atomic E-state index is 0.0447. The molecule has 2 atom stereocenters. The Morgan fingerprint density at radius 1 is 0.441 bits per heavy atom. The van der Waals surface area contributed by atoms with Crippen molar-refractivity contribution in [2.45, 2.75) is 19.4 Å². The van der Waals surface area contributed by atoms with Crippen LogP contribution in [-0.2, 0) is 0 Å². The highest BCUT2D eigenvalue weighted by molar-refractivity contribution is 6.20. The lowest BCUT2D eigenvalue weighted by Crippen LogP contribution is -2.28. The molecule has 3 heterocycles. The predicted octanol–water partition coefficient (Wildman–Crippen LogP) is 17.0. The van der Waals surface area contributed by atoms with E-state index in [0.717, 1.165) is 89.5 Å². The minimum atomic E-state index is -0.299. The van der Waals surface area contributed by atoms with Crippen LogP contribution in [0.15, 0.2) is 233 Å². The van der Waals surface area contributed by atoms with Crippen molar-refractivity contribution in [1.29, 1.82) is 0 Å². The Morgan fingerprint density at radius 2 is 1.04 bits per heavy atom. The average Bonchev–Trinajstić information content (AvgIpc) is 3.95. The van der Waals surface area contributed by atoms with Crippen molar-refractivity contribution in [2.75, 3.05) is 0 Å². The first-order chi connectivity index (χ1) is 33.6. The van der Waals surface area contributed by atoms with Gasteiger partial charge in [-0.25, -0.2) is 4.99 Å². The number of aliphatic imine (C=N–C) groups is 2. The van der Waals surface area contributed by atoms with E-state index < -0.39 is 0 Å². The monoisotopic (exact) mass is 869 g/mol. The Hall–Kier alpha value is -8.60. The molecule has 14 rings (SSSR count). The van der Waals surface area contributed by atoms with Crippen LogP contribution in [0.1, 0.15) is 36.1 Å². The maximum absolute atomic E-state index is 7.17. The second-order valence-corrected chi connectivity index (χ2v) is 18.3. The number of para-hydroxylation sites is 1. The summed E-state index contributed by atoms with van der Waals surface area (Å²) in [6.07, 6.45) is 0.830. The van der Waals surface area contributed by atoms with Crippen LogP contribution < -0.4 is 0 Å². The van der Waals surface area contributed by atoms with E-state index in [-0.39, 0.29) is 12.0 Å². The topological polar surface area (TPSA) is 42.8 Å². The number of rotatable bonds is 6. The maximum atomic E-state index is 7.17. The molecule has 11 aromatic carbocycles. The Balaban J connectivity index is 1.05. The van der Waals surface area contributed by atoms with Gasteiger partial charge in [0.25, 0.3) is 0 Å². The molecule has 2 aromatic heterocycles. The lowest BCUT2D eigenvalue weighted by molar-refractivity contribution is 0.535. The van der Waals surface area contributed by atoms with Crippen molar-refractivity contribution in [3.05, 3.63) is 235 Å². The van der Waals surface area contributed by atoms with Crippen LogP contribution in [0.25, 0.3) is 104 Å². The molecule has 0 bridgehead atoms. The second kappa shape index (κ2) is 15.2. The third kappa shape index (κ3) is 6.00. The molecule has 0 radical (unpaired) electrons. The summed E-state index contributed by atoms with van der Waals surface area (Å²) in [6.45, 7) is 2.28. The highest BCUT2D eigenvalue weighted by atomic mass is 16.3. The van der Waals surface area contributed by atoms with Gasteiger partial charge in [0.15, 0.2) is 5.84 Å². The van der Waals surface area contributed by atoms with E-state index in [1.807, 2.05) is 0 Å². The summed E-state index contributed by atoms with van der Waals surface area (Å²) in [5, 5.41) is 14.2. The fourth-order valence-corrected chi connectivity index (χ4v) is 11.3. The summed E-state index contributed by atoms with van der Waals surface area (Å²) < 4.78 is 9.60. The van der Waals surface area contributed by atoms with Gasteiger partial charge in [0, 0.05) is 44.5 Å². The van der Waals surface area contributed by atoms with Crippen molar-refractivity contribution < 1.29 is 4.42 Å². The number of amidine groups is 1. The molecule has 1 aliphatic rings. The quantitative estimate of drug-likeness (QED) is 0.154. The average molecular weight is 870 g/mol. The molecule has 1 aliphatic heterocycles. The van der Waals surface area contributed by atoms with Gasteiger partial charge in [-0.2, -0.15) is 0 Å². The van der Waals surface area contributed by atoms with Crippen molar-refractivity contribution in [3.8, 4) is 16.8 Å². The Bertz CT molecular complexity index is 4250. The molecular formula is C64H43N3O. The SMILES string of the molecule is CCC1C(c2ccc(-c3ccccc3)cc2)=NC(c2ccc3c(ccc4ccccc43)c2)=NC1c1cc(-n2c3ccccc3c3cc4ccccc4cc32)cc2oc3c4ccccc4ccc3c12. The molecule has 320 valence electrons. The van der Waals surface area contributed by atoms with Crippen LogP contribution in [0.5, 0.6) is 0 Å². The Kier molecular flexibility index (Phi) is 8.66. The smallest absolute Gasteiger partial charge is 0.155 e. The number of fused-ring (bicyclic) bond motifs is 12. The first-order valence-electron chi connectivity index (χ1n) is 23.7. The van der Waals surface area contributed by atoms with E-state index in [2.05, 4.69) is 230 Å². The van der Waals surface area contributed by atoms with Gasteiger partial charge in [0.1, 0.15) is 11.2 Å². The summed E-state index contributed by atoms with van der Waals surface area (Å²) in [5.41, 5.74) is 11.7. The van der Waals surface area contributed by atoms with Gasteiger partial charge in [0.2, 0.25) is 0 Å². The van der Waals surface area contributed by atoms with Gasteiger partial charge in [-0.05, 0) is 103 Å². The van der Waals surface area contributed by atoms with E-state index in [9.17, 15) is 0 Å². The fourth-order valence-electron chi connectivity index (χ4n) is 11.3. The molecule has 13 aromatic rings. The molecule has 0 N–H and O–H groups in total. The van der Waals surface area contributed by atoms with Crippen molar-refractivity contribution in [2.24, 2.45) is 15.9 Å². The number of nitrogens with zero attached hydrogens (tertiary/aromatic N) is 3. The van der Waals surface area contributed by atoms with Gasteiger partial charge in [-0.1, -0.05) is 183 Å². The van der Waals surface area contributed by atoms with Crippen LogP contribution in [0.3, 0.4) is 0 Å². The largest absolute Gasteiger partial charge is 0.455 e. The fraction of sp³-hybridized carbons (Fsp3) is 0.0625. The van der Waals surface area contributed by atoms with Crippen LogP contribution >= 0.6 is 0 Å². The second-order valence-electron chi connectivity index (χ2n) is 18.3. The summed E-state index contributed by atoms with van der Waals surface area (Å²) in [6, 6.07) is 78.9. The van der Waals surface area contributed by atoms with E-state index in [4.69, 9.17) is 14.4 Å². The van der Waals surface area contributed by atoms with Crippen molar-refractivity contribution in [3.63, 3.8) is 0 Å². The molecule has 4 nitrogen and oxygen atoms in total. The number of benzene rings is 11. The van der Waals surface area contributed by atoms with Crippen LogP contribution in [0.2, 0.25) is 0 Å². The third-order valence-electron chi connectivity index (χ3n) is 14.5. The number of hydrogen-bond donors (Lipinski definition) is 0.